The van der Waals surface area contributed by atoms with E-state index in [0.717, 1.165) is 5.56 Å². The highest BCUT2D eigenvalue weighted by atomic mass is 16.4. The predicted molar refractivity (Wildman–Crippen MR) is 87.3 cm³/mol. The predicted octanol–water partition coefficient (Wildman–Crippen LogP) is 1.77. The maximum absolute atomic E-state index is 10.9. The third-order valence-corrected chi connectivity index (χ3v) is 2.98. The molecule has 8 nitrogen and oxygen atoms in total. The number of aromatic nitrogens is 2. The third-order valence-electron chi connectivity index (χ3n) is 2.98. The zero-order chi connectivity index (χ0) is 18.1. The smallest absolute Gasteiger partial charge is 0.265 e. The van der Waals surface area contributed by atoms with Crippen LogP contribution in [-0.2, 0) is 0 Å². The average Bonchev–Trinajstić information content (AvgIpc) is 3.23. The molecule has 0 aliphatic heterocycles. The number of rotatable bonds is 2. The number of hydrazine groups is 1. The molecular weight excluding hydrogens is 320 g/mol. The van der Waals surface area contributed by atoms with E-state index >= 15 is 0 Å². The van der Waals surface area contributed by atoms with E-state index in [0.29, 0.717) is 22.6 Å². The number of nitrogen functional groups attached to an aromatic ring is 1. The molecule has 1 aromatic heterocycles. The van der Waals surface area contributed by atoms with E-state index in [1.807, 2.05) is 23.6 Å². The molecule has 1 amide bonds. The van der Waals surface area contributed by atoms with Crippen LogP contribution in [0.5, 0.6) is 0 Å². The van der Waals surface area contributed by atoms with Crippen LogP contribution in [0, 0.1) is 22.7 Å². The Morgan fingerprint density at radius 3 is 2.36 bits per heavy atom. The van der Waals surface area contributed by atoms with E-state index in [1.54, 1.807) is 36.4 Å². The van der Waals surface area contributed by atoms with Gasteiger partial charge in [0.15, 0.2) is 0 Å². The molecule has 1 heterocycles. The van der Waals surface area contributed by atoms with Gasteiger partial charge in [-0.2, -0.15) is 10.5 Å². The van der Waals surface area contributed by atoms with E-state index in [1.165, 1.54) is 12.5 Å². The molecule has 122 valence electrons. The maximum atomic E-state index is 10.9. The first-order valence-corrected chi connectivity index (χ1v) is 6.95. The Morgan fingerprint density at radius 2 is 1.76 bits per heavy atom. The van der Waals surface area contributed by atoms with Crippen LogP contribution in [0.15, 0.2) is 59.3 Å². The monoisotopic (exact) mass is 332 g/mol. The zero-order valence-electron chi connectivity index (χ0n) is 12.9. The molecule has 8 heteroatoms. The van der Waals surface area contributed by atoms with Gasteiger partial charge in [-0.1, -0.05) is 12.1 Å². The van der Waals surface area contributed by atoms with Gasteiger partial charge < -0.3 is 4.42 Å². The Morgan fingerprint density at radius 1 is 1.08 bits per heavy atom. The van der Waals surface area contributed by atoms with Crippen molar-refractivity contribution in [2.24, 2.45) is 5.84 Å². The van der Waals surface area contributed by atoms with Crippen LogP contribution in [0.4, 0.5) is 0 Å². The number of hydrogen-bond acceptors (Lipinski definition) is 7. The maximum Gasteiger partial charge on any atom is 0.265 e. The molecule has 0 saturated carbocycles. The topological polar surface area (TPSA) is 142 Å². The van der Waals surface area contributed by atoms with Crippen LogP contribution in [0.3, 0.4) is 0 Å². The van der Waals surface area contributed by atoms with Crippen molar-refractivity contribution in [1.82, 2.24) is 15.6 Å². The van der Waals surface area contributed by atoms with Gasteiger partial charge in [-0.05, 0) is 36.4 Å². The van der Waals surface area contributed by atoms with Crippen LogP contribution in [0.2, 0.25) is 0 Å². The van der Waals surface area contributed by atoms with Crippen molar-refractivity contribution in [3.8, 4) is 23.6 Å². The number of nitrogens with zero attached hydrogens (tertiary/aromatic N) is 4. The molecule has 0 fully saturated rings. The van der Waals surface area contributed by atoms with Crippen molar-refractivity contribution < 1.29 is 9.21 Å². The van der Waals surface area contributed by atoms with Crippen molar-refractivity contribution in [3.05, 3.63) is 71.6 Å². The Bertz CT molecular complexity index is 938. The Labute approximate surface area is 143 Å². The van der Waals surface area contributed by atoms with Crippen molar-refractivity contribution in [1.29, 1.82) is 10.5 Å². The highest BCUT2D eigenvalue weighted by molar-refractivity contribution is 5.94. The summed E-state index contributed by atoms with van der Waals surface area (Å²) in [7, 11) is 0. The second-order valence-corrected chi connectivity index (χ2v) is 4.60. The molecule has 3 rings (SSSR count). The number of amides is 1. The standard InChI is InChI=1S/C9H5N3O.C8H7N3O/c10-5-7-2-1-3-8(4-7)9-12-11-6-13-9;9-5-6-2-1-3-7(4-6)8(12)11-10/h1-4,6H;1-4H,10H2,(H,11,12). The molecular formula is C17H12N6O2. The summed E-state index contributed by atoms with van der Waals surface area (Å²) in [5.74, 6) is 4.94. The first kappa shape index (κ1) is 17.3. The minimum absolute atomic E-state index is 0.386. The summed E-state index contributed by atoms with van der Waals surface area (Å²) >= 11 is 0. The lowest BCUT2D eigenvalue weighted by Crippen LogP contribution is -2.29. The van der Waals surface area contributed by atoms with Crippen molar-refractivity contribution >= 4 is 5.91 Å². The number of carbonyl (C=O) groups is 1. The van der Waals surface area contributed by atoms with Crippen molar-refractivity contribution in [2.75, 3.05) is 0 Å². The SMILES string of the molecule is N#Cc1cccc(-c2nnco2)c1.N#Cc1cccc(C(=O)NN)c1. The Kier molecular flexibility index (Phi) is 5.95. The van der Waals surface area contributed by atoms with Gasteiger partial charge in [0.2, 0.25) is 12.3 Å². The lowest BCUT2D eigenvalue weighted by Gasteiger charge is -1.97. The number of hydrogen-bond donors (Lipinski definition) is 2. The summed E-state index contributed by atoms with van der Waals surface area (Å²) < 4.78 is 4.99. The molecule has 0 radical (unpaired) electrons. The van der Waals surface area contributed by atoms with Crippen LogP contribution in [0.25, 0.3) is 11.5 Å². The van der Waals surface area contributed by atoms with Gasteiger partial charge in [-0.15, -0.1) is 10.2 Å². The fourth-order valence-electron chi connectivity index (χ4n) is 1.83. The molecule has 3 aromatic rings. The van der Waals surface area contributed by atoms with Crippen molar-refractivity contribution in [3.63, 3.8) is 0 Å². The quantitative estimate of drug-likeness (QED) is 0.413. The van der Waals surface area contributed by atoms with Gasteiger partial charge in [0.05, 0.1) is 23.3 Å². The molecule has 0 aliphatic carbocycles. The fraction of sp³-hybridized carbons (Fsp3) is 0. The van der Waals surface area contributed by atoms with Gasteiger partial charge >= 0.3 is 0 Å². The molecule has 0 aliphatic rings. The number of carbonyl (C=O) groups excluding carboxylic acids is 1. The summed E-state index contributed by atoms with van der Waals surface area (Å²) in [5, 5.41) is 24.4. The molecule has 0 spiro atoms. The van der Waals surface area contributed by atoms with Crippen molar-refractivity contribution in [2.45, 2.75) is 0 Å². The first-order valence-electron chi connectivity index (χ1n) is 6.95. The fourth-order valence-corrected chi connectivity index (χ4v) is 1.83. The molecule has 0 unspecified atom stereocenters. The van der Waals surface area contributed by atoms with E-state index in [4.69, 9.17) is 20.8 Å². The average molecular weight is 332 g/mol. The summed E-state index contributed by atoms with van der Waals surface area (Å²) in [5.41, 5.74) is 4.15. The summed E-state index contributed by atoms with van der Waals surface area (Å²) in [6.45, 7) is 0. The van der Waals surface area contributed by atoms with Gasteiger partial charge in [0.25, 0.3) is 5.91 Å². The van der Waals surface area contributed by atoms with Gasteiger partial charge in [0.1, 0.15) is 0 Å². The minimum Gasteiger partial charge on any atom is -0.423 e. The van der Waals surface area contributed by atoms with Crippen LogP contribution >= 0.6 is 0 Å². The van der Waals surface area contributed by atoms with E-state index < -0.39 is 5.91 Å². The summed E-state index contributed by atoms with van der Waals surface area (Å²) in [6.07, 6.45) is 1.26. The lowest BCUT2D eigenvalue weighted by atomic mass is 10.1. The van der Waals surface area contributed by atoms with E-state index in [9.17, 15) is 4.79 Å². The number of nitrogens with two attached hydrogens (primary N) is 1. The molecule has 0 saturated heterocycles. The largest absolute Gasteiger partial charge is 0.423 e. The number of nitrogens with one attached hydrogen (secondary N) is 1. The number of nitriles is 2. The minimum atomic E-state index is -0.396. The second kappa shape index (κ2) is 8.58. The Hall–Kier alpha value is -4.01. The molecule has 0 bridgehead atoms. The molecule has 3 N–H and O–H groups in total. The van der Waals surface area contributed by atoms with E-state index in [2.05, 4.69) is 10.2 Å². The lowest BCUT2D eigenvalue weighted by molar-refractivity contribution is 0.0953. The van der Waals surface area contributed by atoms with Gasteiger partial charge in [0, 0.05) is 11.1 Å². The Balaban J connectivity index is 0.000000181. The van der Waals surface area contributed by atoms with E-state index in [-0.39, 0.29) is 0 Å². The molecule has 0 atom stereocenters. The number of benzene rings is 2. The summed E-state index contributed by atoms with van der Waals surface area (Å²) in [4.78, 5) is 10.9. The first-order chi connectivity index (χ1) is 12.2. The van der Waals surface area contributed by atoms with Crippen LogP contribution in [0.1, 0.15) is 21.5 Å². The molecule has 25 heavy (non-hydrogen) atoms. The summed E-state index contributed by atoms with van der Waals surface area (Å²) in [6, 6.07) is 17.3. The van der Waals surface area contributed by atoms with Crippen LogP contribution < -0.4 is 11.3 Å². The second-order valence-electron chi connectivity index (χ2n) is 4.60. The third kappa shape index (κ3) is 4.73. The zero-order valence-corrected chi connectivity index (χ0v) is 12.9. The normalized spacial score (nSPS) is 9.08. The molecule has 2 aromatic carbocycles. The van der Waals surface area contributed by atoms with Gasteiger partial charge in [-0.3, -0.25) is 10.2 Å². The highest BCUT2D eigenvalue weighted by Crippen LogP contribution is 2.16. The van der Waals surface area contributed by atoms with Gasteiger partial charge in [-0.25, -0.2) is 5.84 Å². The highest BCUT2D eigenvalue weighted by Gasteiger charge is 2.03. The van der Waals surface area contributed by atoms with Crippen LogP contribution in [-0.4, -0.2) is 16.1 Å².